The molecule has 0 radical (unpaired) electrons. The molecule has 1 aliphatic heterocycles. The summed E-state index contributed by atoms with van der Waals surface area (Å²) >= 11 is 0. The molecule has 0 saturated carbocycles. The molecule has 1 aliphatic rings. The zero-order valence-corrected chi connectivity index (χ0v) is 5.97. The van der Waals surface area contributed by atoms with Crippen molar-refractivity contribution in [1.29, 1.82) is 0 Å². The van der Waals surface area contributed by atoms with E-state index in [0.29, 0.717) is 6.79 Å². The summed E-state index contributed by atoms with van der Waals surface area (Å²) in [6.45, 7) is 3.62. The minimum atomic E-state index is -0.404. The van der Waals surface area contributed by atoms with Crippen LogP contribution in [0.1, 0.15) is 6.92 Å². The molecule has 1 heterocycles. The first kappa shape index (κ1) is 3.00. The van der Waals surface area contributed by atoms with Crippen molar-refractivity contribution >= 4 is 6.61 Å². The molecule has 0 fully saturated rings. The first-order valence-electron chi connectivity index (χ1n) is 1.57. The third-order valence-corrected chi connectivity index (χ3v) is 2.25. The molecule has 39 valence electrons. The summed E-state index contributed by atoms with van der Waals surface area (Å²) in [4.78, 5) is 0. The molecule has 3 heteroatoms. The van der Waals surface area contributed by atoms with Gasteiger partial charge >= 0.3 is 30.2 Å². The van der Waals surface area contributed by atoms with E-state index in [1.807, 2.05) is 6.92 Å². The van der Waals surface area contributed by atoms with Crippen molar-refractivity contribution in [2.75, 3.05) is 6.79 Å². The Morgan fingerprint density at radius 2 is 2.67 bits per heavy atom. The average Bonchev–Trinajstić information content (AvgIpc) is 1.86. The zero-order valence-electron chi connectivity index (χ0n) is 3.34. The van der Waals surface area contributed by atoms with Crippen LogP contribution < -0.4 is 0 Å². The molecule has 0 aromatic heterocycles. The fraction of sp³-hybridized carbons (Fsp3) is 0.667. The van der Waals surface area contributed by atoms with Crippen molar-refractivity contribution < 1.29 is 9.84 Å². The van der Waals surface area contributed by atoms with Gasteiger partial charge in [-0.1, -0.05) is 0 Å². The zero-order chi connectivity index (χ0) is 4.41. The van der Waals surface area contributed by atoms with Crippen LogP contribution in [0.3, 0.4) is 0 Å². The van der Waals surface area contributed by atoms with E-state index in [1.165, 1.54) is 0 Å². The summed E-state index contributed by atoms with van der Waals surface area (Å²) in [6, 6.07) is 0. The molecule has 0 aliphatic carbocycles. The first-order valence-corrected chi connectivity index (χ1v) is 3.96. The molecule has 6 heavy (non-hydrogen) atoms. The summed E-state index contributed by atoms with van der Waals surface area (Å²) in [5.41, 5.74) is 0. The van der Waals surface area contributed by atoms with E-state index < -0.39 is 0 Å². The van der Waals surface area contributed by atoms with Crippen molar-refractivity contribution in [2.45, 2.75) is 6.92 Å². The molecule has 0 aromatic rings. The van der Waals surface area contributed by atoms with E-state index >= 15 is 0 Å². The number of hydrogen-bond donors (Lipinski definition) is 0. The molecule has 0 N–H and O–H groups in total. The van der Waals surface area contributed by atoms with E-state index in [1.54, 1.807) is 0 Å². The molecule has 0 saturated heterocycles. The van der Waals surface area contributed by atoms with Crippen molar-refractivity contribution in [3.05, 3.63) is 0 Å². The van der Waals surface area contributed by atoms with E-state index in [-0.39, 0.29) is 0 Å². The van der Waals surface area contributed by atoms with Gasteiger partial charge < -0.3 is 0 Å². The number of rotatable bonds is 0. The Bertz CT molecular complexity index is 78.9. The maximum atomic E-state index is 4.95. The summed E-state index contributed by atoms with van der Waals surface area (Å²) in [7, 11) is 0. The molecule has 1 rings (SSSR count). The second-order valence-corrected chi connectivity index (χ2v) is 4.00. The van der Waals surface area contributed by atoms with Crippen LogP contribution in [0.2, 0.25) is 0 Å². The Morgan fingerprint density at radius 1 is 1.83 bits per heavy atom. The normalized spacial score (nSPS) is 19.8. The summed E-state index contributed by atoms with van der Waals surface area (Å²) in [5, 5.41) is 4.95. The van der Waals surface area contributed by atoms with Crippen LogP contribution in [0.15, 0.2) is 0 Å². The summed E-state index contributed by atoms with van der Waals surface area (Å²) in [6.07, 6.45) is 0. The first-order chi connectivity index (χ1) is 2.89. The molecule has 2 nitrogen and oxygen atoms in total. The monoisotopic (exact) mass is 322 g/mol. The standard InChI is InChI=1S/C3H5O2.Cf/c1-2-5-3-4;/h3H2,1H3;/q-1;+1. The Balaban J connectivity index is 2.45. The van der Waals surface area contributed by atoms with Gasteiger partial charge in [0.2, 0.25) is 0 Å². The second kappa shape index (κ2) is 0.880. The fourth-order valence-electron chi connectivity index (χ4n) is 0.198. The molecule has 0 spiro atoms. The topological polar surface area (TPSA) is 18.5 Å². The van der Waals surface area contributed by atoms with Gasteiger partial charge in [-0.25, -0.2) is 0 Å². The third-order valence-electron chi connectivity index (χ3n) is 0.423. The van der Waals surface area contributed by atoms with Gasteiger partial charge in [0.1, 0.15) is 0 Å². The Hall–Kier alpha value is -1.21. The van der Waals surface area contributed by atoms with Gasteiger partial charge in [0.25, 0.3) is 0 Å². The SMILES string of the molecule is C[C]1=[Cf][O]CO1. The molecular formula is C3H5CfO2. The molecule has 0 unspecified atom stereocenters. The van der Waals surface area contributed by atoms with E-state index in [0.717, 1.165) is 6.61 Å². The van der Waals surface area contributed by atoms with Crippen molar-refractivity contribution in [3.63, 3.8) is 0 Å². The van der Waals surface area contributed by atoms with E-state index in [4.69, 9.17) is 9.84 Å². The van der Waals surface area contributed by atoms with Crippen molar-refractivity contribution in [1.82, 2.24) is 0 Å². The van der Waals surface area contributed by atoms with Crippen LogP contribution in [-0.2, 0) is 9.84 Å². The van der Waals surface area contributed by atoms with Gasteiger partial charge in [0, 0.05) is 0 Å². The molecular weight excluding hydrogens is 319 g/mol. The molecule has 0 atom stereocenters. The van der Waals surface area contributed by atoms with E-state index in [9.17, 15) is 0 Å². The molecule has 0 bridgehead atoms. The maximum absolute atomic E-state index is 4.95. The fourth-order valence-corrected chi connectivity index (χ4v) is 1.35. The average molecular weight is 324 g/mol. The van der Waals surface area contributed by atoms with Crippen LogP contribution in [0.5, 0.6) is 0 Å². The predicted octanol–water partition coefficient (Wildman–Crippen LogP) is 0.140. The number of ether oxygens (including phenoxy) is 1. The van der Waals surface area contributed by atoms with Crippen LogP contribution in [-0.4, -0.2) is 13.4 Å². The second-order valence-electron chi connectivity index (χ2n) is 0.845. The van der Waals surface area contributed by atoms with Crippen LogP contribution >= 0.6 is 0 Å². The van der Waals surface area contributed by atoms with Crippen LogP contribution in [0.4, 0.5) is 0 Å². The third kappa shape index (κ3) is 0.267. The Labute approximate surface area is 31.4 Å². The predicted molar refractivity (Wildman–Crippen MR) is 17.7 cm³/mol. The van der Waals surface area contributed by atoms with Gasteiger partial charge in [-0.05, 0) is 0 Å². The van der Waals surface area contributed by atoms with Crippen molar-refractivity contribution in [2.24, 2.45) is 0 Å². The van der Waals surface area contributed by atoms with Gasteiger partial charge in [-0.3, -0.25) is 0 Å². The van der Waals surface area contributed by atoms with E-state index in [2.05, 4.69) is 0 Å². The van der Waals surface area contributed by atoms with Gasteiger partial charge in [-0.15, -0.1) is 0 Å². The Kier molecular flexibility index (Phi) is 0.440. The quantitative estimate of drug-likeness (QED) is 0.631. The van der Waals surface area contributed by atoms with Crippen LogP contribution in [0, 0.1) is 0 Å². The minimum absolute atomic E-state index is 0.404. The van der Waals surface area contributed by atoms with Gasteiger partial charge in [0.15, 0.2) is 0 Å². The van der Waals surface area contributed by atoms with Gasteiger partial charge in [-0.2, -0.15) is 0 Å². The molecule has 0 amide bonds. The van der Waals surface area contributed by atoms with Crippen LogP contribution in [0.25, 0.3) is 0 Å². The van der Waals surface area contributed by atoms with Gasteiger partial charge in [0.05, 0.1) is 0 Å². The summed E-state index contributed by atoms with van der Waals surface area (Å²) < 4.78 is 4.51. The van der Waals surface area contributed by atoms with Crippen molar-refractivity contribution in [3.8, 4) is 0 Å². The summed E-state index contributed by atoms with van der Waals surface area (Å²) in [5.74, 6) is 0. The Morgan fingerprint density at radius 3 is 2.83 bits per heavy atom. The number of hydrogen-bond acceptors (Lipinski definition) is 2. The molecule has 0 aromatic carbocycles.